The Hall–Kier alpha value is -0.680. The molecule has 0 unspecified atom stereocenters. The van der Waals surface area contributed by atoms with Crippen LogP contribution in [0.25, 0.3) is 0 Å². The summed E-state index contributed by atoms with van der Waals surface area (Å²) in [6.45, 7) is 1.70. The van der Waals surface area contributed by atoms with Gasteiger partial charge in [-0.25, -0.2) is 9.97 Å². The third-order valence-electron chi connectivity index (χ3n) is 1.20. The monoisotopic (exact) mass is 263 g/mol. The fraction of sp³-hybridized carbons (Fsp3) is 0.286. The molecular formula is C7H7BrClN3O. The maximum Gasteiger partial charge on any atom is 0.236 e. The molecule has 0 aromatic carbocycles. The third kappa shape index (κ3) is 3.28. The summed E-state index contributed by atoms with van der Waals surface area (Å²) in [6, 6.07) is 1.50. The molecule has 0 aliphatic heterocycles. The molecule has 0 aliphatic rings. The van der Waals surface area contributed by atoms with Crippen LogP contribution in [-0.2, 0) is 4.79 Å². The first-order valence-electron chi connectivity index (χ1n) is 3.49. The highest BCUT2D eigenvalue weighted by Gasteiger charge is 2.03. The molecule has 0 atom stereocenters. The number of halogens is 2. The summed E-state index contributed by atoms with van der Waals surface area (Å²) >= 11 is 8.68. The van der Waals surface area contributed by atoms with Crippen molar-refractivity contribution in [1.82, 2.24) is 9.97 Å². The van der Waals surface area contributed by atoms with E-state index in [4.69, 9.17) is 11.6 Å². The minimum atomic E-state index is -0.172. The van der Waals surface area contributed by atoms with Gasteiger partial charge in [-0.3, -0.25) is 4.79 Å². The van der Waals surface area contributed by atoms with E-state index in [2.05, 4.69) is 31.2 Å². The third-order valence-corrected chi connectivity index (χ3v) is 1.90. The second kappa shape index (κ2) is 4.53. The van der Waals surface area contributed by atoms with Crippen LogP contribution in [0, 0.1) is 6.92 Å². The number of amides is 1. The van der Waals surface area contributed by atoms with Crippen molar-refractivity contribution in [2.24, 2.45) is 0 Å². The smallest absolute Gasteiger partial charge is 0.236 e. The van der Waals surface area contributed by atoms with Crippen LogP contribution in [-0.4, -0.2) is 21.2 Å². The highest BCUT2D eigenvalue weighted by Crippen LogP contribution is 2.10. The highest BCUT2D eigenvalue weighted by molar-refractivity contribution is 9.09. The van der Waals surface area contributed by atoms with Gasteiger partial charge in [0.1, 0.15) is 16.8 Å². The van der Waals surface area contributed by atoms with Gasteiger partial charge >= 0.3 is 0 Å². The zero-order valence-corrected chi connectivity index (χ0v) is 9.18. The predicted octanol–water partition coefficient (Wildman–Crippen LogP) is 1.77. The topological polar surface area (TPSA) is 54.9 Å². The molecule has 1 heterocycles. The molecule has 0 saturated heterocycles. The Balaban J connectivity index is 2.83. The standard InChI is InChI=1S/C7H7BrClN3O/c1-4-10-5(9)2-6(11-4)12-7(13)3-8/h2H,3H2,1H3,(H,10,11,12,13). The van der Waals surface area contributed by atoms with Crippen molar-refractivity contribution in [2.45, 2.75) is 6.92 Å². The number of carbonyl (C=O) groups excluding carboxylic acids is 1. The van der Waals surface area contributed by atoms with Crippen molar-refractivity contribution in [1.29, 1.82) is 0 Å². The highest BCUT2D eigenvalue weighted by atomic mass is 79.9. The second-order valence-electron chi connectivity index (χ2n) is 2.30. The van der Waals surface area contributed by atoms with Gasteiger partial charge in [0.2, 0.25) is 5.91 Å². The first kappa shape index (κ1) is 10.4. The SMILES string of the molecule is Cc1nc(Cl)cc(NC(=O)CBr)n1. The Labute approximate surface area is 88.8 Å². The van der Waals surface area contributed by atoms with Crippen LogP contribution in [0.15, 0.2) is 6.07 Å². The lowest BCUT2D eigenvalue weighted by molar-refractivity contribution is -0.113. The minimum Gasteiger partial charge on any atom is -0.310 e. The van der Waals surface area contributed by atoms with E-state index in [1.54, 1.807) is 6.92 Å². The van der Waals surface area contributed by atoms with Crippen LogP contribution >= 0.6 is 27.5 Å². The van der Waals surface area contributed by atoms with Gasteiger partial charge in [-0.2, -0.15) is 0 Å². The molecule has 4 nitrogen and oxygen atoms in total. The number of rotatable bonds is 2. The minimum absolute atomic E-state index is 0.172. The molecule has 13 heavy (non-hydrogen) atoms. The van der Waals surface area contributed by atoms with Crippen molar-refractivity contribution >= 4 is 39.3 Å². The Morgan fingerprint density at radius 2 is 2.38 bits per heavy atom. The van der Waals surface area contributed by atoms with E-state index >= 15 is 0 Å². The first-order chi connectivity index (χ1) is 6.11. The van der Waals surface area contributed by atoms with Crippen molar-refractivity contribution in [3.8, 4) is 0 Å². The fourth-order valence-electron chi connectivity index (χ4n) is 0.772. The van der Waals surface area contributed by atoms with Crippen LogP contribution in [0.5, 0.6) is 0 Å². The maximum absolute atomic E-state index is 10.9. The number of hydrogen-bond acceptors (Lipinski definition) is 3. The van der Waals surface area contributed by atoms with E-state index < -0.39 is 0 Å². The Kier molecular flexibility index (Phi) is 3.62. The van der Waals surface area contributed by atoms with Gasteiger partial charge in [0.05, 0.1) is 5.33 Å². The average Bonchev–Trinajstić information content (AvgIpc) is 2.02. The van der Waals surface area contributed by atoms with Crippen LogP contribution in [0.2, 0.25) is 5.15 Å². The molecule has 0 spiro atoms. The Bertz CT molecular complexity index is 311. The number of anilines is 1. The molecule has 1 N–H and O–H groups in total. The second-order valence-corrected chi connectivity index (χ2v) is 3.25. The zero-order chi connectivity index (χ0) is 9.84. The predicted molar refractivity (Wildman–Crippen MR) is 54.2 cm³/mol. The van der Waals surface area contributed by atoms with E-state index in [0.29, 0.717) is 16.8 Å². The van der Waals surface area contributed by atoms with Gasteiger partial charge in [-0.1, -0.05) is 27.5 Å². The van der Waals surface area contributed by atoms with E-state index in [9.17, 15) is 4.79 Å². The van der Waals surface area contributed by atoms with Gasteiger partial charge in [-0.15, -0.1) is 0 Å². The maximum atomic E-state index is 10.9. The molecule has 1 aromatic heterocycles. The van der Waals surface area contributed by atoms with Crippen molar-refractivity contribution in [3.05, 3.63) is 17.0 Å². The lowest BCUT2D eigenvalue weighted by Gasteiger charge is -2.02. The average molecular weight is 265 g/mol. The summed E-state index contributed by atoms with van der Waals surface area (Å²) in [6.07, 6.45) is 0. The molecule has 0 aliphatic carbocycles. The largest absolute Gasteiger partial charge is 0.310 e. The zero-order valence-electron chi connectivity index (χ0n) is 6.84. The van der Waals surface area contributed by atoms with E-state index in [0.717, 1.165) is 0 Å². The van der Waals surface area contributed by atoms with Crippen molar-refractivity contribution in [3.63, 3.8) is 0 Å². The summed E-state index contributed by atoms with van der Waals surface area (Å²) in [4.78, 5) is 18.8. The quantitative estimate of drug-likeness (QED) is 0.654. The van der Waals surface area contributed by atoms with Crippen LogP contribution in [0.4, 0.5) is 5.82 Å². The number of hydrogen-bond donors (Lipinski definition) is 1. The Morgan fingerprint density at radius 3 is 2.92 bits per heavy atom. The van der Waals surface area contributed by atoms with Gasteiger partial charge in [0.15, 0.2) is 0 Å². The summed E-state index contributed by atoms with van der Waals surface area (Å²) < 4.78 is 0. The number of alkyl halides is 1. The van der Waals surface area contributed by atoms with E-state index in [1.165, 1.54) is 6.07 Å². The van der Waals surface area contributed by atoms with Crippen molar-refractivity contribution < 1.29 is 4.79 Å². The lowest BCUT2D eigenvalue weighted by Crippen LogP contribution is -2.13. The molecule has 0 saturated carbocycles. The van der Waals surface area contributed by atoms with Gasteiger partial charge in [0, 0.05) is 6.07 Å². The molecular weight excluding hydrogens is 257 g/mol. The molecule has 1 amide bonds. The fourth-order valence-corrected chi connectivity index (χ4v) is 1.14. The molecule has 1 rings (SSSR count). The number of nitrogens with one attached hydrogen (secondary N) is 1. The van der Waals surface area contributed by atoms with Gasteiger partial charge in [0.25, 0.3) is 0 Å². The molecule has 0 radical (unpaired) electrons. The van der Waals surface area contributed by atoms with Crippen molar-refractivity contribution in [2.75, 3.05) is 10.6 Å². The molecule has 0 fully saturated rings. The number of nitrogens with zero attached hydrogens (tertiary/aromatic N) is 2. The summed E-state index contributed by atoms with van der Waals surface area (Å²) in [5, 5.41) is 3.10. The first-order valence-corrected chi connectivity index (χ1v) is 4.99. The molecule has 0 bridgehead atoms. The van der Waals surface area contributed by atoms with E-state index in [-0.39, 0.29) is 11.2 Å². The molecule has 6 heteroatoms. The van der Waals surface area contributed by atoms with Crippen LogP contribution in [0.3, 0.4) is 0 Å². The lowest BCUT2D eigenvalue weighted by atomic mass is 10.5. The Morgan fingerprint density at radius 1 is 1.69 bits per heavy atom. The number of carbonyl (C=O) groups is 1. The van der Waals surface area contributed by atoms with E-state index in [1.807, 2.05) is 0 Å². The van der Waals surface area contributed by atoms with Crippen LogP contribution < -0.4 is 5.32 Å². The van der Waals surface area contributed by atoms with Gasteiger partial charge in [-0.05, 0) is 6.92 Å². The van der Waals surface area contributed by atoms with Crippen LogP contribution in [0.1, 0.15) is 5.82 Å². The van der Waals surface area contributed by atoms with Gasteiger partial charge < -0.3 is 5.32 Å². The summed E-state index contributed by atoms with van der Waals surface area (Å²) in [7, 11) is 0. The normalized spacial score (nSPS) is 9.77. The molecule has 70 valence electrons. The molecule has 1 aromatic rings. The number of aromatic nitrogens is 2. The summed E-state index contributed by atoms with van der Waals surface area (Å²) in [5.41, 5.74) is 0. The summed E-state index contributed by atoms with van der Waals surface area (Å²) in [5.74, 6) is 0.772. The number of aryl methyl sites for hydroxylation is 1.